The number of amides is 2. The molecule has 6 heteroatoms. The number of rotatable bonds is 8. The number of nitrogens with zero attached hydrogens (tertiary/aromatic N) is 1. The number of aliphatic carboxylic acids is 1. The second-order valence-electron chi connectivity index (χ2n) is 5.82. The van der Waals surface area contributed by atoms with Crippen LogP contribution in [0.2, 0.25) is 0 Å². The average Bonchev–Trinajstić information content (AvgIpc) is 2.86. The van der Waals surface area contributed by atoms with Gasteiger partial charge in [0.05, 0.1) is 0 Å². The number of urea groups is 1. The van der Waals surface area contributed by atoms with E-state index in [1.165, 1.54) is 12.8 Å². The quantitative estimate of drug-likeness (QED) is 0.587. The van der Waals surface area contributed by atoms with Crippen molar-refractivity contribution in [1.82, 2.24) is 15.5 Å². The zero-order chi connectivity index (χ0) is 15.0. The summed E-state index contributed by atoms with van der Waals surface area (Å²) in [5.41, 5.74) is 0. The molecule has 1 fully saturated rings. The molecule has 116 valence electrons. The van der Waals surface area contributed by atoms with E-state index in [1.807, 2.05) is 13.8 Å². The first-order valence-electron chi connectivity index (χ1n) is 7.48. The highest BCUT2D eigenvalue weighted by Crippen LogP contribution is 2.07. The molecule has 0 aliphatic carbocycles. The molecule has 20 heavy (non-hydrogen) atoms. The normalized spacial score (nSPS) is 17.1. The molecule has 0 spiro atoms. The first kappa shape index (κ1) is 16.8. The van der Waals surface area contributed by atoms with Crippen molar-refractivity contribution in [1.29, 1.82) is 0 Å². The Labute approximate surface area is 120 Å². The predicted octanol–water partition coefficient (Wildman–Crippen LogP) is 1.27. The second kappa shape index (κ2) is 8.79. The lowest BCUT2D eigenvalue weighted by atomic mass is 10.0. The first-order valence-corrected chi connectivity index (χ1v) is 7.48. The Bertz CT molecular complexity index is 315. The van der Waals surface area contributed by atoms with Crippen LogP contribution in [0.3, 0.4) is 0 Å². The fraction of sp³-hybridized carbons (Fsp3) is 0.857. The maximum Gasteiger partial charge on any atom is 0.326 e. The molecule has 0 bridgehead atoms. The van der Waals surface area contributed by atoms with E-state index >= 15 is 0 Å². The van der Waals surface area contributed by atoms with Crippen LogP contribution in [0.15, 0.2) is 0 Å². The van der Waals surface area contributed by atoms with E-state index in [2.05, 4.69) is 15.5 Å². The van der Waals surface area contributed by atoms with Crippen LogP contribution in [0.5, 0.6) is 0 Å². The van der Waals surface area contributed by atoms with Crippen LogP contribution < -0.4 is 10.6 Å². The van der Waals surface area contributed by atoms with Gasteiger partial charge in [0, 0.05) is 6.54 Å². The Kier molecular flexibility index (Phi) is 7.36. The highest BCUT2D eigenvalue weighted by atomic mass is 16.4. The van der Waals surface area contributed by atoms with Crippen molar-refractivity contribution < 1.29 is 14.7 Å². The molecule has 1 rings (SSSR count). The van der Waals surface area contributed by atoms with Crippen molar-refractivity contribution in [3.63, 3.8) is 0 Å². The zero-order valence-electron chi connectivity index (χ0n) is 12.5. The number of nitrogens with one attached hydrogen (secondary N) is 2. The van der Waals surface area contributed by atoms with Crippen LogP contribution in [-0.2, 0) is 4.79 Å². The highest BCUT2D eigenvalue weighted by Gasteiger charge is 2.20. The lowest BCUT2D eigenvalue weighted by Gasteiger charge is -2.18. The van der Waals surface area contributed by atoms with Crippen LogP contribution in [-0.4, -0.2) is 54.2 Å². The molecule has 0 radical (unpaired) electrons. The standard InChI is InChI=1S/C14H27N3O3/c1-11(2)10-12(13(18)19)16-14(20)15-6-5-9-17-7-3-4-8-17/h11-12H,3-10H2,1-2H3,(H,18,19)(H2,15,16,20)/t12-/m0/s1. The third-order valence-corrected chi connectivity index (χ3v) is 3.45. The molecule has 1 atom stereocenters. The van der Waals surface area contributed by atoms with E-state index in [0.717, 1.165) is 26.1 Å². The lowest BCUT2D eigenvalue weighted by molar-refractivity contribution is -0.139. The van der Waals surface area contributed by atoms with Crippen molar-refractivity contribution in [2.24, 2.45) is 5.92 Å². The predicted molar refractivity (Wildman–Crippen MR) is 77.7 cm³/mol. The number of carbonyl (C=O) groups excluding carboxylic acids is 1. The smallest absolute Gasteiger partial charge is 0.326 e. The van der Waals surface area contributed by atoms with Crippen LogP contribution in [0.4, 0.5) is 4.79 Å². The molecule has 1 aliphatic rings. The second-order valence-corrected chi connectivity index (χ2v) is 5.82. The SMILES string of the molecule is CC(C)C[C@H](NC(=O)NCCCN1CCCC1)C(=O)O. The van der Waals surface area contributed by atoms with E-state index in [4.69, 9.17) is 5.11 Å². The highest BCUT2D eigenvalue weighted by molar-refractivity contribution is 5.82. The molecule has 3 N–H and O–H groups in total. The first-order chi connectivity index (χ1) is 9.49. The molecule has 1 saturated heterocycles. The fourth-order valence-electron chi connectivity index (χ4n) is 2.41. The average molecular weight is 285 g/mol. The number of likely N-dealkylation sites (tertiary alicyclic amines) is 1. The molecular weight excluding hydrogens is 258 g/mol. The minimum absolute atomic E-state index is 0.228. The molecular formula is C14H27N3O3. The lowest BCUT2D eigenvalue weighted by Crippen LogP contribution is -2.47. The van der Waals surface area contributed by atoms with Gasteiger partial charge in [0.1, 0.15) is 6.04 Å². The van der Waals surface area contributed by atoms with Gasteiger partial charge in [0.25, 0.3) is 0 Å². The third kappa shape index (κ3) is 6.75. The summed E-state index contributed by atoms with van der Waals surface area (Å²) in [6.07, 6.45) is 3.87. The van der Waals surface area contributed by atoms with Gasteiger partial charge in [-0.1, -0.05) is 13.8 Å². The van der Waals surface area contributed by atoms with Gasteiger partial charge in [0.15, 0.2) is 0 Å². The van der Waals surface area contributed by atoms with Crippen molar-refractivity contribution >= 4 is 12.0 Å². The molecule has 0 unspecified atom stereocenters. The minimum Gasteiger partial charge on any atom is -0.480 e. The summed E-state index contributed by atoms with van der Waals surface area (Å²) in [5, 5.41) is 14.3. The third-order valence-electron chi connectivity index (χ3n) is 3.45. The van der Waals surface area contributed by atoms with E-state index in [1.54, 1.807) is 0 Å². The molecule has 1 heterocycles. The summed E-state index contributed by atoms with van der Waals surface area (Å²) in [7, 11) is 0. The van der Waals surface area contributed by atoms with Gasteiger partial charge in [-0.25, -0.2) is 9.59 Å². The maximum absolute atomic E-state index is 11.6. The van der Waals surface area contributed by atoms with E-state index in [-0.39, 0.29) is 11.9 Å². The van der Waals surface area contributed by atoms with Gasteiger partial charge in [-0.2, -0.15) is 0 Å². The number of hydrogen-bond donors (Lipinski definition) is 3. The van der Waals surface area contributed by atoms with Crippen molar-refractivity contribution in [3.05, 3.63) is 0 Å². The Morgan fingerprint density at radius 2 is 1.90 bits per heavy atom. The van der Waals surface area contributed by atoms with E-state index in [0.29, 0.717) is 13.0 Å². The Morgan fingerprint density at radius 1 is 1.25 bits per heavy atom. The summed E-state index contributed by atoms with van der Waals surface area (Å²) in [6.45, 7) is 7.76. The molecule has 0 saturated carbocycles. The van der Waals surface area contributed by atoms with Crippen molar-refractivity contribution in [3.8, 4) is 0 Å². The maximum atomic E-state index is 11.6. The van der Waals surface area contributed by atoms with Crippen LogP contribution in [0.25, 0.3) is 0 Å². The van der Waals surface area contributed by atoms with Crippen LogP contribution in [0.1, 0.15) is 39.5 Å². The molecule has 0 aromatic rings. The number of carboxylic acids is 1. The van der Waals surface area contributed by atoms with Gasteiger partial charge >= 0.3 is 12.0 Å². The molecule has 1 aliphatic heterocycles. The summed E-state index contributed by atoms with van der Waals surface area (Å²) < 4.78 is 0. The largest absolute Gasteiger partial charge is 0.480 e. The topological polar surface area (TPSA) is 81.7 Å². The van der Waals surface area contributed by atoms with E-state index in [9.17, 15) is 9.59 Å². The summed E-state index contributed by atoms with van der Waals surface area (Å²) >= 11 is 0. The van der Waals surface area contributed by atoms with Gasteiger partial charge in [-0.3, -0.25) is 0 Å². The van der Waals surface area contributed by atoms with Gasteiger partial charge in [0.2, 0.25) is 0 Å². The summed E-state index contributed by atoms with van der Waals surface area (Å²) in [4.78, 5) is 25.0. The van der Waals surface area contributed by atoms with Gasteiger partial charge in [-0.15, -0.1) is 0 Å². The molecule has 0 aromatic carbocycles. The van der Waals surface area contributed by atoms with Crippen LogP contribution >= 0.6 is 0 Å². The Hall–Kier alpha value is -1.30. The summed E-state index contributed by atoms with van der Waals surface area (Å²) in [6, 6.07) is -1.20. The van der Waals surface area contributed by atoms with Gasteiger partial charge < -0.3 is 20.6 Å². The molecule has 2 amide bonds. The number of hydrogen-bond acceptors (Lipinski definition) is 3. The molecule has 6 nitrogen and oxygen atoms in total. The van der Waals surface area contributed by atoms with E-state index < -0.39 is 12.0 Å². The molecule has 0 aromatic heterocycles. The fourth-order valence-corrected chi connectivity index (χ4v) is 2.41. The van der Waals surface area contributed by atoms with Crippen molar-refractivity contribution in [2.75, 3.05) is 26.2 Å². The Balaban J connectivity index is 2.15. The zero-order valence-corrected chi connectivity index (χ0v) is 12.5. The Morgan fingerprint density at radius 3 is 2.45 bits per heavy atom. The van der Waals surface area contributed by atoms with Gasteiger partial charge in [-0.05, 0) is 51.2 Å². The summed E-state index contributed by atoms with van der Waals surface area (Å²) in [5.74, 6) is -0.752. The van der Waals surface area contributed by atoms with Crippen LogP contribution in [0, 0.1) is 5.92 Å². The van der Waals surface area contributed by atoms with Crippen molar-refractivity contribution in [2.45, 2.75) is 45.6 Å². The minimum atomic E-state index is -0.981. The number of carbonyl (C=O) groups is 2. The number of carboxylic acid groups (broad SMARTS) is 1. The monoisotopic (exact) mass is 285 g/mol.